The van der Waals surface area contributed by atoms with E-state index in [0.29, 0.717) is 6.29 Å². The molecule has 0 radical (unpaired) electrons. The molecule has 0 bridgehead atoms. The first-order valence-corrected chi connectivity index (χ1v) is 5.82. The molecule has 0 aliphatic carbocycles. The molecule has 6 heteroatoms. The van der Waals surface area contributed by atoms with Gasteiger partial charge in [0.15, 0.2) is 0 Å². The van der Waals surface area contributed by atoms with Crippen LogP contribution in [-0.4, -0.2) is 14.7 Å². The molecule has 0 N–H and O–H groups in total. The number of hydrogen-bond acceptors (Lipinski definition) is 3. The highest BCUT2D eigenvalue weighted by atomic mass is 35.7. The lowest BCUT2D eigenvalue weighted by Gasteiger charge is -1.98. The Balaban J connectivity index is 3.41. The summed E-state index contributed by atoms with van der Waals surface area (Å²) in [5.74, 6) is 0. The van der Waals surface area contributed by atoms with Crippen molar-refractivity contribution >= 4 is 37.6 Å². The van der Waals surface area contributed by atoms with E-state index in [1.54, 1.807) is 0 Å². The highest BCUT2D eigenvalue weighted by molar-refractivity contribution is 8.13. The average molecular weight is 239 g/mol. The third-order valence-electron chi connectivity index (χ3n) is 1.31. The van der Waals surface area contributed by atoms with Crippen molar-refractivity contribution in [1.29, 1.82) is 0 Å². The van der Waals surface area contributed by atoms with Crippen molar-refractivity contribution in [3.05, 3.63) is 28.8 Å². The maximum Gasteiger partial charge on any atom is 0.261 e. The predicted octanol–water partition coefficient (Wildman–Crippen LogP) is 2.08. The summed E-state index contributed by atoms with van der Waals surface area (Å²) < 4.78 is 21.7. The first-order chi connectivity index (χ1) is 5.93. The molecule has 0 unspecified atom stereocenters. The molecule has 1 aromatic carbocycles. The lowest BCUT2D eigenvalue weighted by molar-refractivity contribution is 0.112. The molecular weight excluding hydrogens is 235 g/mol. The van der Waals surface area contributed by atoms with E-state index in [9.17, 15) is 13.2 Å². The van der Waals surface area contributed by atoms with Crippen molar-refractivity contribution in [1.82, 2.24) is 0 Å². The molecule has 1 rings (SSSR count). The van der Waals surface area contributed by atoms with Gasteiger partial charge in [0.1, 0.15) is 6.29 Å². The summed E-state index contributed by atoms with van der Waals surface area (Å²) >= 11 is 5.55. The fraction of sp³-hybridized carbons (Fsp3) is 0. The van der Waals surface area contributed by atoms with E-state index in [0.717, 1.165) is 6.07 Å². The third-order valence-corrected chi connectivity index (χ3v) is 2.86. The number of rotatable bonds is 2. The van der Waals surface area contributed by atoms with Gasteiger partial charge in [-0.2, -0.15) is 0 Å². The van der Waals surface area contributed by atoms with Gasteiger partial charge in [0, 0.05) is 21.3 Å². The lowest BCUT2D eigenvalue weighted by Crippen LogP contribution is -1.92. The third kappa shape index (κ3) is 2.69. The van der Waals surface area contributed by atoms with Gasteiger partial charge in [-0.15, -0.1) is 0 Å². The van der Waals surface area contributed by atoms with E-state index >= 15 is 0 Å². The van der Waals surface area contributed by atoms with Crippen LogP contribution in [0.5, 0.6) is 0 Å². The highest BCUT2D eigenvalue weighted by Crippen LogP contribution is 2.20. The quantitative estimate of drug-likeness (QED) is 0.586. The summed E-state index contributed by atoms with van der Waals surface area (Å²) in [7, 11) is 1.23. The van der Waals surface area contributed by atoms with Crippen LogP contribution in [0.4, 0.5) is 0 Å². The van der Waals surface area contributed by atoms with Gasteiger partial charge in [0.25, 0.3) is 9.05 Å². The van der Waals surface area contributed by atoms with Crippen LogP contribution in [0, 0.1) is 0 Å². The molecule has 0 aromatic heterocycles. The number of hydrogen-bond donors (Lipinski definition) is 0. The van der Waals surface area contributed by atoms with Gasteiger partial charge < -0.3 is 0 Å². The molecule has 0 heterocycles. The molecule has 0 spiro atoms. The smallest absolute Gasteiger partial charge is 0.261 e. The van der Waals surface area contributed by atoms with E-state index in [2.05, 4.69) is 0 Å². The Labute approximate surface area is 84.7 Å². The average Bonchev–Trinajstić information content (AvgIpc) is 2.01. The van der Waals surface area contributed by atoms with E-state index < -0.39 is 9.05 Å². The minimum atomic E-state index is -3.83. The van der Waals surface area contributed by atoms with Gasteiger partial charge in [-0.25, -0.2) is 8.42 Å². The maximum absolute atomic E-state index is 10.8. The van der Waals surface area contributed by atoms with Crippen LogP contribution in [0.25, 0.3) is 0 Å². The van der Waals surface area contributed by atoms with Crippen molar-refractivity contribution < 1.29 is 13.2 Å². The second-order valence-electron chi connectivity index (χ2n) is 2.28. The number of aldehydes is 1. The summed E-state index contributed by atoms with van der Waals surface area (Å²) in [5.41, 5.74) is 0.173. The second kappa shape index (κ2) is 3.65. The zero-order chi connectivity index (χ0) is 10.1. The van der Waals surface area contributed by atoms with Crippen LogP contribution in [-0.2, 0) is 9.05 Å². The van der Waals surface area contributed by atoms with Crippen molar-refractivity contribution in [2.24, 2.45) is 0 Å². The van der Waals surface area contributed by atoms with Crippen LogP contribution in [0.2, 0.25) is 5.02 Å². The van der Waals surface area contributed by atoms with Crippen molar-refractivity contribution in [3.8, 4) is 0 Å². The van der Waals surface area contributed by atoms with E-state index in [4.69, 9.17) is 22.3 Å². The SMILES string of the molecule is O=Cc1cc(Cl)cc(S(=O)(=O)Cl)c1. The molecular formula is C7H4Cl2O3S. The van der Waals surface area contributed by atoms with Gasteiger partial charge in [-0.1, -0.05) is 11.6 Å². The molecule has 13 heavy (non-hydrogen) atoms. The zero-order valence-corrected chi connectivity index (χ0v) is 8.53. The normalized spacial score (nSPS) is 11.2. The molecule has 0 fully saturated rings. The monoisotopic (exact) mass is 238 g/mol. The Hall–Kier alpha value is -0.580. The summed E-state index contributed by atoms with van der Waals surface area (Å²) in [6.45, 7) is 0. The number of benzene rings is 1. The van der Waals surface area contributed by atoms with Gasteiger partial charge >= 0.3 is 0 Å². The van der Waals surface area contributed by atoms with E-state index in [1.165, 1.54) is 12.1 Å². The van der Waals surface area contributed by atoms with Crippen molar-refractivity contribution in [3.63, 3.8) is 0 Å². The lowest BCUT2D eigenvalue weighted by atomic mass is 10.2. The first kappa shape index (κ1) is 10.5. The topological polar surface area (TPSA) is 51.2 Å². The second-order valence-corrected chi connectivity index (χ2v) is 5.28. The van der Waals surface area contributed by atoms with Gasteiger partial charge in [-0.05, 0) is 18.2 Å². The fourth-order valence-corrected chi connectivity index (χ4v) is 1.91. The molecule has 0 saturated heterocycles. The molecule has 3 nitrogen and oxygen atoms in total. The number of carbonyl (C=O) groups excluding carboxylic acids is 1. The van der Waals surface area contributed by atoms with E-state index in [-0.39, 0.29) is 15.5 Å². The predicted molar refractivity (Wildman–Crippen MR) is 49.9 cm³/mol. The summed E-state index contributed by atoms with van der Waals surface area (Å²) in [4.78, 5) is 10.2. The molecule has 0 amide bonds. The van der Waals surface area contributed by atoms with Crippen molar-refractivity contribution in [2.45, 2.75) is 4.90 Å². The Morgan fingerprint density at radius 3 is 2.31 bits per heavy atom. The highest BCUT2D eigenvalue weighted by Gasteiger charge is 2.11. The fourth-order valence-electron chi connectivity index (χ4n) is 0.793. The van der Waals surface area contributed by atoms with E-state index in [1.807, 2.05) is 0 Å². The van der Waals surface area contributed by atoms with Crippen LogP contribution in [0.15, 0.2) is 23.1 Å². The van der Waals surface area contributed by atoms with Crippen LogP contribution in [0.1, 0.15) is 10.4 Å². The Kier molecular flexibility index (Phi) is 2.95. The van der Waals surface area contributed by atoms with Gasteiger partial charge in [0.2, 0.25) is 0 Å². The summed E-state index contributed by atoms with van der Waals surface area (Å²) in [6, 6.07) is 3.68. The molecule has 70 valence electrons. The molecule has 0 aliphatic rings. The summed E-state index contributed by atoms with van der Waals surface area (Å²) in [6.07, 6.45) is 0.497. The largest absolute Gasteiger partial charge is 0.298 e. The standard InChI is InChI=1S/C7H4Cl2O3S/c8-6-1-5(4-10)2-7(3-6)13(9,11)12/h1-4H. The Morgan fingerprint density at radius 1 is 1.23 bits per heavy atom. The molecule has 1 aromatic rings. The Morgan fingerprint density at radius 2 is 1.85 bits per heavy atom. The van der Waals surface area contributed by atoms with Crippen LogP contribution >= 0.6 is 22.3 Å². The van der Waals surface area contributed by atoms with Gasteiger partial charge in [0.05, 0.1) is 4.90 Å². The maximum atomic E-state index is 10.8. The van der Waals surface area contributed by atoms with Crippen molar-refractivity contribution in [2.75, 3.05) is 0 Å². The Bertz CT molecular complexity index is 439. The minimum Gasteiger partial charge on any atom is -0.298 e. The molecule has 0 aliphatic heterocycles. The minimum absolute atomic E-state index is 0.156. The zero-order valence-electron chi connectivity index (χ0n) is 6.20. The number of carbonyl (C=O) groups is 1. The molecule has 0 saturated carbocycles. The summed E-state index contributed by atoms with van der Waals surface area (Å²) in [5, 5.41) is 0.156. The van der Waals surface area contributed by atoms with Gasteiger partial charge in [-0.3, -0.25) is 4.79 Å². The molecule has 0 atom stereocenters. The van der Waals surface area contributed by atoms with Crippen LogP contribution in [0.3, 0.4) is 0 Å². The van der Waals surface area contributed by atoms with Crippen LogP contribution < -0.4 is 0 Å². The first-order valence-electron chi connectivity index (χ1n) is 3.14. The number of halogens is 2.